The van der Waals surface area contributed by atoms with Gasteiger partial charge < -0.3 is 19.3 Å². The van der Waals surface area contributed by atoms with E-state index in [1.54, 1.807) is 18.2 Å². The van der Waals surface area contributed by atoms with Crippen LogP contribution in [-0.4, -0.2) is 60.0 Å². The van der Waals surface area contributed by atoms with E-state index in [-0.39, 0.29) is 37.3 Å². The highest BCUT2D eigenvalue weighted by Gasteiger charge is 2.19. The molecule has 0 aliphatic heterocycles. The van der Waals surface area contributed by atoms with Crippen molar-refractivity contribution in [1.29, 1.82) is 0 Å². The fraction of sp³-hybridized carbons (Fsp3) is 0.385. The van der Waals surface area contributed by atoms with E-state index in [4.69, 9.17) is 9.52 Å². The Morgan fingerprint density at radius 1 is 1.53 bits per heavy atom. The molecule has 0 aliphatic rings. The van der Waals surface area contributed by atoms with Crippen molar-refractivity contribution in [3.63, 3.8) is 0 Å². The summed E-state index contributed by atoms with van der Waals surface area (Å²) in [6.45, 7) is 3.89. The van der Waals surface area contributed by atoms with Crippen molar-refractivity contribution in [2.45, 2.75) is 0 Å². The quantitative estimate of drug-likeness (QED) is 0.723. The van der Waals surface area contributed by atoms with Crippen molar-refractivity contribution >= 4 is 11.8 Å². The SMILES string of the molecule is C=CCN(CCO)C(=O)CN(C)C(=O)c1ccco1. The molecular weight excluding hydrogens is 248 g/mol. The third-order valence-corrected chi connectivity index (χ3v) is 2.52. The van der Waals surface area contributed by atoms with Crippen LogP contribution in [0.1, 0.15) is 10.6 Å². The van der Waals surface area contributed by atoms with Crippen LogP contribution in [0.5, 0.6) is 0 Å². The van der Waals surface area contributed by atoms with Crippen molar-refractivity contribution in [3.05, 3.63) is 36.8 Å². The molecule has 0 spiro atoms. The van der Waals surface area contributed by atoms with Crippen molar-refractivity contribution in [1.82, 2.24) is 9.80 Å². The van der Waals surface area contributed by atoms with E-state index in [9.17, 15) is 9.59 Å². The second-order valence-corrected chi connectivity index (χ2v) is 3.99. The lowest BCUT2D eigenvalue weighted by Gasteiger charge is -2.23. The van der Waals surface area contributed by atoms with Gasteiger partial charge in [-0.2, -0.15) is 0 Å². The summed E-state index contributed by atoms with van der Waals surface area (Å²) in [5, 5.41) is 8.88. The number of likely N-dealkylation sites (N-methyl/N-ethyl adjacent to an activating group) is 1. The highest BCUT2D eigenvalue weighted by Crippen LogP contribution is 2.04. The Balaban J connectivity index is 2.59. The number of nitrogens with zero attached hydrogens (tertiary/aromatic N) is 2. The summed E-state index contributed by atoms with van der Waals surface area (Å²) in [5.74, 6) is -0.426. The molecule has 1 rings (SSSR count). The van der Waals surface area contributed by atoms with E-state index in [1.807, 2.05) is 0 Å². The van der Waals surface area contributed by atoms with Crippen molar-refractivity contribution in [2.24, 2.45) is 0 Å². The van der Waals surface area contributed by atoms with E-state index in [0.717, 1.165) is 0 Å². The van der Waals surface area contributed by atoms with Gasteiger partial charge in [0.15, 0.2) is 5.76 Å². The zero-order chi connectivity index (χ0) is 14.3. The molecule has 19 heavy (non-hydrogen) atoms. The minimum atomic E-state index is -0.360. The van der Waals surface area contributed by atoms with Crippen LogP contribution in [0.15, 0.2) is 35.5 Å². The highest BCUT2D eigenvalue weighted by molar-refractivity contribution is 5.94. The van der Waals surface area contributed by atoms with Crippen LogP contribution in [0.25, 0.3) is 0 Å². The molecule has 0 aliphatic carbocycles. The molecule has 0 unspecified atom stereocenters. The summed E-state index contributed by atoms with van der Waals surface area (Å²) < 4.78 is 4.98. The lowest BCUT2D eigenvalue weighted by atomic mass is 10.3. The Morgan fingerprint density at radius 3 is 2.79 bits per heavy atom. The number of amides is 2. The molecule has 0 bridgehead atoms. The van der Waals surface area contributed by atoms with Gasteiger partial charge in [-0.15, -0.1) is 6.58 Å². The minimum Gasteiger partial charge on any atom is -0.459 e. The first-order chi connectivity index (χ1) is 9.10. The smallest absolute Gasteiger partial charge is 0.289 e. The molecule has 104 valence electrons. The molecule has 6 nitrogen and oxygen atoms in total. The van der Waals surface area contributed by atoms with Gasteiger partial charge in [0.1, 0.15) is 0 Å². The number of furan rings is 1. The molecular formula is C13H18N2O4. The number of aliphatic hydroxyl groups is 1. The van der Waals surface area contributed by atoms with Gasteiger partial charge >= 0.3 is 0 Å². The molecule has 0 atom stereocenters. The van der Waals surface area contributed by atoms with Gasteiger partial charge in [0.05, 0.1) is 19.4 Å². The lowest BCUT2D eigenvalue weighted by molar-refractivity contribution is -0.131. The second-order valence-electron chi connectivity index (χ2n) is 3.99. The topological polar surface area (TPSA) is 74.0 Å². The predicted molar refractivity (Wildman–Crippen MR) is 69.5 cm³/mol. The number of carbonyl (C=O) groups excluding carboxylic acids is 2. The molecule has 0 radical (unpaired) electrons. The zero-order valence-electron chi connectivity index (χ0n) is 10.9. The Bertz CT molecular complexity index is 428. The summed E-state index contributed by atoms with van der Waals surface area (Å²) >= 11 is 0. The van der Waals surface area contributed by atoms with Gasteiger partial charge in [-0.3, -0.25) is 9.59 Å². The number of aliphatic hydroxyl groups excluding tert-OH is 1. The normalized spacial score (nSPS) is 10.0. The zero-order valence-corrected chi connectivity index (χ0v) is 10.9. The summed E-state index contributed by atoms with van der Waals surface area (Å²) in [7, 11) is 1.52. The Kier molecular flexibility index (Phi) is 5.81. The summed E-state index contributed by atoms with van der Waals surface area (Å²) in [6, 6.07) is 3.15. The van der Waals surface area contributed by atoms with Crippen molar-refractivity contribution < 1.29 is 19.1 Å². The third-order valence-electron chi connectivity index (χ3n) is 2.52. The van der Waals surface area contributed by atoms with Crippen LogP contribution in [0.4, 0.5) is 0 Å². The average molecular weight is 266 g/mol. The molecule has 1 N–H and O–H groups in total. The first-order valence-electron chi connectivity index (χ1n) is 5.88. The molecule has 6 heteroatoms. The number of hydrogen-bond acceptors (Lipinski definition) is 4. The average Bonchev–Trinajstić information content (AvgIpc) is 2.91. The maximum atomic E-state index is 12.0. The monoisotopic (exact) mass is 266 g/mol. The largest absolute Gasteiger partial charge is 0.459 e. The van der Waals surface area contributed by atoms with Gasteiger partial charge in [-0.1, -0.05) is 6.08 Å². The van der Waals surface area contributed by atoms with E-state index >= 15 is 0 Å². The van der Waals surface area contributed by atoms with Crippen LogP contribution in [-0.2, 0) is 4.79 Å². The molecule has 0 saturated carbocycles. The molecule has 0 fully saturated rings. The van der Waals surface area contributed by atoms with Gasteiger partial charge in [-0.05, 0) is 12.1 Å². The third kappa shape index (κ3) is 4.26. The van der Waals surface area contributed by atoms with Crippen LogP contribution in [0.3, 0.4) is 0 Å². The highest BCUT2D eigenvalue weighted by atomic mass is 16.3. The van der Waals surface area contributed by atoms with Gasteiger partial charge in [0.25, 0.3) is 5.91 Å². The second kappa shape index (κ2) is 7.38. The van der Waals surface area contributed by atoms with Crippen molar-refractivity contribution in [2.75, 3.05) is 33.3 Å². The fourth-order valence-corrected chi connectivity index (χ4v) is 1.56. The predicted octanol–water partition coefficient (Wildman–Crippen LogP) is 0.359. The van der Waals surface area contributed by atoms with Gasteiger partial charge in [0.2, 0.25) is 5.91 Å². The molecule has 1 aromatic rings. The number of carbonyl (C=O) groups is 2. The Labute approximate surface area is 111 Å². The molecule has 1 heterocycles. The Morgan fingerprint density at radius 2 is 2.26 bits per heavy atom. The van der Waals surface area contributed by atoms with Crippen LogP contribution in [0, 0.1) is 0 Å². The molecule has 1 aromatic heterocycles. The molecule has 0 aromatic carbocycles. The van der Waals surface area contributed by atoms with E-state index in [1.165, 1.54) is 23.1 Å². The fourth-order valence-electron chi connectivity index (χ4n) is 1.56. The molecule has 2 amide bonds. The Hall–Kier alpha value is -2.08. The number of rotatable bonds is 7. The van der Waals surface area contributed by atoms with E-state index in [2.05, 4.69) is 6.58 Å². The summed E-state index contributed by atoms with van der Waals surface area (Å²) in [6.07, 6.45) is 2.97. The van der Waals surface area contributed by atoms with E-state index in [0.29, 0.717) is 6.54 Å². The summed E-state index contributed by atoms with van der Waals surface area (Å²) in [4.78, 5) is 26.5. The molecule has 0 saturated heterocycles. The van der Waals surface area contributed by atoms with E-state index < -0.39 is 0 Å². The maximum Gasteiger partial charge on any atom is 0.289 e. The van der Waals surface area contributed by atoms with Gasteiger partial charge in [0, 0.05) is 20.1 Å². The summed E-state index contributed by atoms with van der Waals surface area (Å²) in [5.41, 5.74) is 0. The maximum absolute atomic E-state index is 12.0. The van der Waals surface area contributed by atoms with Gasteiger partial charge in [-0.25, -0.2) is 0 Å². The van der Waals surface area contributed by atoms with Crippen molar-refractivity contribution in [3.8, 4) is 0 Å². The van der Waals surface area contributed by atoms with Crippen LogP contribution in [0.2, 0.25) is 0 Å². The lowest BCUT2D eigenvalue weighted by Crippen LogP contribution is -2.42. The minimum absolute atomic E-state index is 0.0760. The first-order valence-corrected chi connectivity index (χ1v) is 5.88. The first kappa shape index (κ1) is 15.0. The standard InChI is InChI=1S/C13H18N2O4/c1-3-6-15(7-8-16)12(17)10-14(2)13(18)11-5-4-9-19-11/h3-5,9,16H,1,6-8,10H2,2H3. The van der Waals surface area contributed by atoms with Crippen LogP contribution < -0.4 is 0 Å². The van der Waals surface area contributed by atoms with Crippen LogP contribution >= 0.6 is 0 Å². The number of hydrogen-bond donors (Lipinski definition) is 1.